The first kappa shape index (κ1) is 16.4. The van der Waals surface area contributed by atoms with Crippen molar-refractivity contribution in [2.45, 2.75) is 33.3 Å². The summed E-state index contributed by atoms with van der Waals surface area (Å²) in [6.45, 7) is 6.47. The highest BCUT2D eigenvalue weighted by atomic mass is 32.2. The van der Waals surface area contributed by atoms with Crippen molar-refractivity contribution in [3.05, 3.63) is 28.7 Å². The van der Waals surface area contributed by atoms with Gasteiger partial charge in [-0.2, -0.15) is 0 Å². The minimum atomic E-state index is -0.368. The lowest BCUT2D eigenvalue weighted by Crippen LogP contribution is -2.17. The molecule has 2 amide bonds. The summed E-state index contributed by atoms with van der Waals surface area (Å²) < 4.78 is 11.4. The minimum Gasteiger partial charge on any atom is -0.490 e. The summed E-state index contributed by atoms with van der Waals surface area (Å²) >= 11 is 0.896. The van der Waals surface area contributed by atoms with E-state index in [9.17, 15) is 9.59 Å². The number of benzene rings is 1. The SMILES string of the molecule is CCOc1cc(/C=C2\SC(=O)NC2=O)ccc1O[C@H](C)CC. The standard InChI is InChI=1S/C16H19NO4S/c1-4-10(3)21-12-7-6-11(8-13(12)20-5-2)9-14-15(18)17-16(19)22-14/h6-10H,4-5H2,1-3H3,(H,17,18,19)/b14-9-/t10-/m1/s1. The average molecular weight is 321 g/mol. The largest absolute Gasteiger partial charge is 0.490 e. The predicted molar refractivity (Wildman–Crippen MR) is 87.1 cm³/mol. The molecule has 1 aromatic carbocycles. The molecule has 118 valence electrons. The molecule has 1 N–H and O–H groups in total. The number of rotatable bonds is 6. The maximum atomic E-state index is 11.6. The van der Waals surface area contributed by atoms with Crippen LogP contribution in [0.25, 0.3) is 6.08 Å². The van der Waals surface area contributed by atoms with Crippen LogP contribution in [-0.2, 0) is 4.79 Å². The summed E-state index contributed by atoms with van der Waals surface area (Å²) in [4.78, 5) is 23.1. The molecule has 0 aliphatic carbocycles. The first-order valence-corrected chi connectivity index (χ1v) is 8.03. The van der Waals surface area contributed by atoms with Crippen molar-refractivity contribution in [3.63, 3.8) is 0 Å². The molecule has 1 fully saturated rings. The van der Waals surface area contributed by atoms with E-state index >= 15 is 0 Å². The molecule has 1 aromatic rings. The van der Waals surface area contributed by atoms with Crippen molar-refractivity contribution < 1.29 is 19.1 Å². The fourth-order valence-electron chi connectivity index (χ4n) is 1.85. The number of hydrogen-bond donors (Lipinski definition) is 1. The van der Waals surface area contributed by atoms with Crippen molar-refractivity contribution in [1.82, 2.24) is 5.32 Å². The quantitative estimate of drug-likeness (QED) is 0.811. The molecule has 0 spiro atoms. The van der Waals surface area contributed by atoms with E-state index in [0.717, 1.165) is 23.7 Å². The number of imide groups is 1. The Labute approximate surface area is 134 Å². The Morgan fingerprint density at radius 1 is 1.27 bits per heavy atom. The smallest absolute Gasteiger partial charge is 0.290 e. The Kier molecular flexibility index (Phi) is 5.49. The van der Waals surface area contributed by atoms with Crippen LogP contribution in [0.4, 0.5) is 4.79 Å². The maximum Gasteiger partial charge on any atom is 0.290 e. The van der Waals surface area contributed by atoms with Gasteiger partial charge in [-0.15, -0.1) is 0 Å². The molecule has 0 unspecified atom stereocenters. The third-order valence-corrected chi connectivity index (χ3v) is 3.92. The van der Waals surface area contributed by atoms with Crippen LogP contribution in [0.3, 0.4) is 0 Å². The zero-order valence-electron chi connectivity index (χ0n) is 12.8. The summed E-state index contributed by atoms with van der Waals surface area (Å²) in [5, 5.41) is 1.88. The predicted octanol–water partition coefficient (Wildman–Crippen LogP) is 3.59. The van der Waals surface area contributed by atoms with E-state index in [1.54, 1.807) is 6.08 Å². The molecule has 22 heavy (non-hydrogen) atoms. The molecule has 0 saturated carbocycles. The molecule has 1 heterocycles. The van der Waals surface area contributed by atoms with Crippen molar-refractivity contribution in [2.75, 3.05) is 6.61 Å². The Morgan fingerprint density at radius 3 is 2.64 bits per heavy atom. The van der Waals surface area contributed by atoms with Crippen LogP contribution in [0, 0.1) is 0 Å². The van der Waals surface area contributed by atoms with E-state index < -0.39 is 0 Å². The lowest BCUT2D eigenvalue weighted by atomic mass is 10.1. The lowest BCUT2D eigenvalue weighted by molar-refractivity contribution is -0.115. The second-order valence-corrected chi connectivity index (χ2v) is 5.84. The molecule has 1 saturated heterocycles. The molecule has 1 aliphatic heterocycles. The Bertz CT molecular complexity index is 612. The maximum absolute atomic E-state index is 11.6. The van der Waals surface area contributed by atoms with Crippen LogP contribution < -0.4 is 14.8 Å². The zero-order valence-corrected chi connectivity index (χ0v) is 13.7. The van der Waals surface area contributed by atoms with Crippen LogP contribution in [0.5, 0.6) is 11.5 Å². The average Bonchev–Trinajstić information content (AvgIpc) is 2.79. The Balaban J connectivity index is 2.27. The normalized spacial score (nSPS) is 17.5. The molecule has 5 nitrogen and oxygen atoms in total. The summed E-state index contributed by atoms with van der Waals surface area (Å²) in [5.41, 5.74) is 0.785. The number of carbonyl (C=O) groups excluding carboxylic acids is 2. The van der Waals surface area contributed by atoms with Gasteiger partial charge in [0.05, 0.1) is 17.6 Å². The highest BCUT2D eigenvalue weighted by molar-refractivity contribution is 8.18. The number of amides is 2. The van der Waals surface area contributed by atoms with E-state index in [2.05, 4.69) is 12.2 Å². The number of hydrogen-bond acceptors (Lipinski definition) is 5. The number of thioether (sulfide) groups is 1. The fourth-order valence-corrected chi connectivity index (χ4v) is 2.53. The highest BCUT2D eigenvalue weighted by Gasteiger charge is 2.25. The molecule has 1 aliphatic rings. The van der Waals surface area contributed by atoms with E-state index in [1.807, 2.05) is 32.0 Å². The third-order valence-electron chi connectivity index (χ3n) is 3.11. The molecule has 6 heteroatoms. The summed E-state index contributed by atoms with van der Waals surface area (Å²) in [6, 6.07) is 5.47. The molecule has 1 atom stereocenters. The van der Waals surface area contributed by atoms with Crippen LogP contribution in [0.2, 0.25) is 0 Å². The Hall–Kier alpha value is -1.95. The van der Waals surface area contributed by atoms with Gasteiger partial charge in [-0.3, -0.25) is 14.9 Å². The second kappa shape index (κ2) is 7.35. The van der Waals surface area contributed by atoms with Gasteiger partial charge < -0.3 is 9.47 Å². The first-order chi connectivity index (χ1) is 10.5. The van der Waals surface area contributed by atoms with E-state index in [0.29, 0.717) is 23.0 Å². The van der Waals surface area contributed by atoms with Crippen LogP contribution in [0.15, 0.2) is 23.1 Å². The Morgan fingerprint density at radius 2 is 2.05 bits per heavy atom. The number of carbonyl (C=O) groups is 2. The number of nitrogens with one attached hydrogen (secondary N) is 1. The van der Waals surface area contributed by atoms with Crippen LogP contribution >= 0.6 is 11.8 Å². The van der Waals surface area contributed by atoms with Gasteiger partial charge in [-0.1, -0.05) is 13.0 Å². The van der Waals surface area contributed by atoms with Gasteiger partial charge in [-0.05, 0) is 55.8 Å². The molecule has 2 rings (SSSR count). The summed E-state index contributed by atoms with van der Waals surface area (Å²) in [6.07, 6.45) is 2.66. The highest BCUT2D eigenvalue weighted by Crippen LogP contribution is 2.32. The summed E-state index contributed by atoms with van der Waals surface area (Å²) in [7, 11) is 0. The fraction of sp³-hybridized carbons (Fsp3) is 0.375. The van der Waals surface area contributed by atoms with Crippen molar-refractivity contribution in [2.24, 2.45) is 0 Å². The number of ether oxygens (including phenoxy) is 2. The van der Waals surface area contributed by atoms with E-state index in [4.69, 9.17) is 9.47 Å². The topological polar surface area (TPSA) is 64.6 Å². The van der Waals surface area contributed by atoms with Crippen LogP contribution in [0.1, 0.15) is 32.8 Å². The third kappa shape index (κ3) is 4.04. The van der Waals surface area contributed by atoms with Gasteiger partial charge in [0, 0.05) is 0 Å². The van der Waals surface area contributed by atoms with E-state index in [-0.39, 0.29) is 17.3 Å². The van der Waals surface area contributed by atoms with Gasteiger partial charge in [0.15, 0.2) is 11.5 Å². The van der Waals surface area contributed by atoms with Crippen molar-refractivity contribution in [1.29, 1.82) is 0 Å². The van der Waals surface area contributed by atoms with Crippen molar-refractivity contribution in [3.8, 4) is 11.5 Å². The van der Waals surface area contributed by atoms with E-state index in [1.165, 1.54) is 0 Å². The molecular weight excluding hydrogens is 302 g/mol. The minimum absolute atomic E-state index is 0.0946. The van der Waals surface area contributed by atoms with Gasteiger partial charge in [0.25, 0.3) is 11.1 Å². The second-order valence-electron chi connectivity index (χ2n) is 4.83. The van der Waals surface area contributed by atoms with Crippen LogP contribution in [-0.4, -0.2) is 23.9 Å². The first-order valence-electron chi connectivity index (χ1n) is 7.21. The van der Waals surface area contributed by atoms with Gasteiger partial charge in [0.2, 0.25) is 0 Å². The molecule has 0 radical (unpaired) electrons. The van der Waals surface area contributed by atoms with Gasteiger partial charge in [0.1, 0.15) is 0 Å². The van der Waals surface area contributed by atoms with Gasteiger partial charge >= 0.3 is 0 Å². The molecule has 0 bridgehead atoms. The monoisotopic (exact) mass is 321 g/mol. The zero-order chi connectivity index (χ0) is 16.1. The summed E-state index contributed by atoms with van der Waals surface area (Å²) in [5.74, 6) is 0.942. The molecular formula is C16H19NO4S. The van der Waals surface area contributed by atoms with Crippen molar-refractivity contribution >= 4 is 29.0 Å². The van der Waals surface area contributed by atoms with Gasteiger partial charge in [-0.25, -0.2) is 0 Å². The lowest BCUT2D eigenvalue weighted by Gasteiger charge is -2.16. The molecule has 0 aromatic heterocycles.